The van der Waals surface area contributed by atoms with Gasteiger partial charge in [0.15, 0.2) is 11.5 Å². The van der Waals surface area contributed by atoms with Crippen LogP contribution in [-0.4, -0.2) is 29.5 Å². The molecule has 0 aliphatic carbocycles. The van der Waals surface area contributed by atoms with Crippen molar-refractivity contribution in [2.45, 2.75) is 39.9 Å². The molecule has 1 atom stereocenters. The Morgan fingerprint density at radius 3 is 2.38 bits per heavy atom. The molecule has 154 valence electrons. The fourth-order valence-corrected chi connectivity index (χ4v) is 3.05. The van der Waals surface area contributed by atoms with E-state index in [1.54, 1.807) is 39.0 Å². The van der Waals surface area contributed by atoms with Crippen LogP contribution < -0.4 is 14.8 Å². The lowest BCUT2D eigenvalue weighted by molar-refractivity contribution is -0.143. The number of fused-ring (bicyclic) bond motifs is 1. The normalized spacial score (nSPS) is 13.3. The second-order valence-electron chi connectivity index (χ2n) is 7.33. The number of amides is 2. The molecule has 6 nitrogen and oxygen atoms in total. The predicted molar refractivity (Wildman–Crippen MR) is 106 cm³/mol. The summed E-state index contributed by atoms with van der Waals surface area (Å²) in [5.74, 6) is 0.322. The van der Waals surface area contributed by atoms with Crippen LogP contribution >= 0.6 is 0 Å². The SMILES string of the molecule is CC(C)C(=O)N(Cc1ccc(F)cc1)[C@H](C)C(=O)NCc1ccc2c(c1)OCO2. The van der Waals surface area contributed by atoms with Crippen molar-refractivity contribution in [2.75, 3.05) is 6.79 Å². The van der Waals surface area contributed by atoms with Crippen LogP contribution in [0.5, 0.6) is 11.5 Å². The summed E-state index contributed by atoms with van der Waals surface area (Å²) in [4.78, 5) is 27.0. The fourth-order valence-electron chi connectivity index (χ4n) is 3.05. The summed E-state index contributed by atoms with van der Waals surface area (Å²) in [6, 6.07) is 10.7. The molecular formula is C22H25FN2O4. The smallest absolute Gasteiger partial charge is 0.242 e. The lowest BCUT2D eigenvalue weighted by Crippen LogP contribution is -2.48. The fraction of sp³-hybridized carbons (Fsp3) is 0.364. The van der Waals surface area contributed by atoms with Crippen LogP contribution in [0.1, 0.15) is 31.9 Å². The zero-order valence-corrected chi connectivity index (χ0v) is 16.8. The van der Waals surface area contributed by atoms with Gasteiger partial charge in [-0.2, -0.15) is 0 Å². The molecule has 2 aromatic rings. The topological polar surface area (TPSA) is 67.9 Å². The van der Waals surface area contributed by atoms with E-state index in [9.17, 15) is 14.0 Å². The molecule has 1 aliphatic rings. The van der Waals surface area contributed by atoms with Gasteiger partial charge in [-0.1, -0.05) is 32.0 Å². The molecule has 0 saturated heterocycles. The van der Waals surface area contributed by atoms with E-state index < -0.39 is 6.04 Å². The van der Waals surface area contributed by atoms with Gasteiger partial charge in [0.25, 0.3) is 0 Å². The monoisotopic (exact) mass is 400 g/mol. The highest BCUT2D eigenvalue weighted by Gasteiger charge is 2.27. The van der Waals surface area contributed by atoms with Crippen LogP contribution in [0.15, 0.2) is 42.5 Å². The first kappa shape index (κ1) is 20.6. The minimum Gasteiger partial charge on any atom is -0.454 e. The Labute approximate surface area is 169 Å². The summed E-state index contributed by atoms with van der Waals surface area (Å²) in [5, 5.41) is 2.87. The third-order valence-corrected chi connectivity index (χ3v) is 4.79. The van der Waals surface area contributed by atoms with Crippen LogP contribution in [0.4, 0.5) is 4.39 Å². The zero-order valence-electron chi connectivity index (χ0n) is 16.8. The van der Waals surface area contributed by atoms with E-state index in [0.717, 1.165) is 11.1 Å². The minimum atomic E-state index is -0.677. The first-order chi connectivity index (χ1) is 13.8. The van der Waals surface area contributed by atoms with Gasteiger partial charge in [0.05, 0.1) is 0 Å². The van der Waals surface area contributed by atoms with E-state index in [4.69, 9.17) is 9.47 Å². The largest absolute Gasteiger partial charge is 0.454 e. The van der Waals surface area contributed by atoms with Crippen LogP contribution in [0.2, 0.25) is 0 Å². The number of ether oxygens (including phenoxy) is 2. The van der Waals surface area contributed by atoms with Crippen molar-refractivity contribution in [3.8, 4) is 11.5 Å². The van der Waals surface area contributed by atoms with Crippen molar-refractivity contribution in [3.63, 3.8) is 0 Å². The molecule has 0 spiro atoms. The highest BCUT2D eigenvalue weighted by molar-refractivity contribution is 5.88. The molecule has 1 N–H and O–H groups in total. The van der Waals surface area contributed by atoms with Gasteiger partial charge in [0, 0.05) is 19.0 Å². The molecule has 0 saturated carbocycles. The Kier molecular flexibility index (Phi) is 6.36. The van der Waals surface area contributed by atoms with Crippen molar-refractivity contribution < 1.29 is 23.5 Å². The quantitative estimate of drug-likeness (QED) is 0.775. The number of hydrogen-bond donors (Lipinski definition) is 1. The molecule has 2 amide bonds. The first-order valence-electron chi connectivity index (χ1n) is 9.56. The number of halogens is 1. The Balaban J connectivity index is 1.67. The van der Waals surface area contributed by atoms with Gasteiger partial charge in [-0.05, 0) is 42.3 Å². The Morgan fingerprint density at radius 1 is 1.03 bits per heavy atom. The van der Waals surface area contributed by atoms with Gasteiger partial charge in [-0.25, -0.2) is 4.39 Å². The summed E-state index contributed by atoms with van der Waals surface area (Å²) in [6.45, 7) is 6.00. The molecule has 0 aromatic heterocycles. The van der Waals surface area contributed by atoms with E-state index in [0.29, 0.717) is 18.0 Å². The van der Waals surface area contributed by atoms with E-state index in [-0.39, 0.29) is 36.9 Å². The molecule has 7 heteroatoms. The number of hydrogen-bond acceptors (Lipinski definition) is 4. The van der Waals surface area contributed by atoms with Gasteiger partial charge >= 0.3 is 0 Å². The molecule has 3 rings (SSSR count). The van der Waals surface area contributed by atoms with Crippen molar-refractivity contribution in [3.05, 3.63) is 59.4 Å². The third kappa shape index (κ3) is 5.04. The van der Waals surface area contributed by atoms with Crippen LogP contribution in [0, 0.1) is 11.7 Å². The number of carbonyl (C=O) groups is 2. The van der Waals surface area contributed by atoms with Gasteiger partial charge in [0.1, 0.15) is 11.9 Å². The van der Waals surface area contributed by atoms with Crippen LogP contribution in [0.25, 0.3) is 0 Å². The van der Waals surface area contributed by atoms with Gasteiger partial charge in [0.2, 0.25) is 18.6 Å². The predicted octanol–water partition coefficient (Wildman–Crippen LogP) is 3.24. The number of nitrogens with one attached hydrogen (secondary N) is 1. The van der Waals surface area contributed by atoms with Crippen molar-refractivity contribution in [1.29, 1.82) is 0 Å². The maximum absolute atomic E-state index is 13.2. The van der Waals surface area contributed by atoms with Crippen LogP contribution in [0.3, 0.4) is 0 Å². The number of nitrogens with zero attached hydrogens (tertiary/aromatic N) is 1. The van der Waals surface area contributed by atoms with Gasteiger partial charge in [-0.15, -0.1) is 0 Å². The molecule has 1 aliphatic heterocycles. The summed E-state index contributed by atoms with van der Waals surface area (Å²) >= 11 is 0. The maximum Gasteiger partial charge on any atom is 0.242 e. The van der Waals surface area contributed by atoms with E-state index >= 15 is 0 Å². The molecule has 0 bridgehead atoms. The summed E-state index contributed by atoms with van der Waals surface area (Å²) in [7, 11) is 0. The molecular weight excluding hydrogens is 375 g/mol. The second-order valence-corrected chi connectivity index (χ2v) is 7.33. The van der Waals surface area contributed by atoms with E-state index in [1.165, 1.54) is 17.0 Å². The molecule has 0 fully saturated rings. The Morgan fingerprint density at radius 2 is 1.69 bits per heavy atom. The standard InChI is InChI=1S/C22H25FN2O4/c1-14(2)22(27)25(12-16-4-7-18(23)8-5-16)15(3)21(26)24-11-17-6-9-19-20(10-17)29-13-28-19/h4-10,14-15H,11-13H2,1-3H3,(H,24,26)/t15-/m1/s1. The zero-order chi connectivity index (χ0) is 21.0. The summed E-state index contributed by atoms with van der Waals surface area (Å²) in [5.41, 5.74) is 1.63. The number of rotatable bonds is 7. The Bertz CT molecular complexity index is 883. The third-order valence-electron chi connectivity index (χ3n) is 4.79. The average molecular weight is 400 g/mol. The van der Waals surface area contributed by atoms with Gasteiger partial charge in [-0.3, -0.25) is 9.59 Å². The lowest BCUT2D eigenvalue weighted by Gasteiger charge is -2.30. The Hall–Kier alpha value is -3.09. The van der Waals surface area contributed by atoms with Crippen molar-refractivity contribution in [2.24, 2.45) is 5.92 Å². The number of carbonyl (C=O) groups excluding carboxylic acids is 2. The highest BCUT2D eigenvalue weighted by Crippen LogP contribution is 2.32. The molecule has 1 heterocycles. The molecule has 2 aromatic carbocycles. The first-order valence-corrected chi connectivity index (χ1v) is 9.56. The second kappa shape index (κ2) is 8.94. The van der Waals surface area contributed by atoms with Crippen molar-refractivity contribution >= 4 is 11.8 Å². The number of benzene rings is 2. The van der Waals surface area contributed by atoms with Crippen LogP contribution in [-0.2, 0) is 22.7 Å². The molecule has 0 unspecified atom stereocenters. The molecule has 0 radical (unpaired) electrons. The molecule has 29 heavy (non-hydrogen) atoms. The van der Waals surface area contributed by atoms with Crippen molar-refractivity contribution in [1.82, 2.24) is 10.2 Å². The summed E-state index contributed by atoms with van der Waals surface area (Å²) < 4.78 is 23.8. The lowest BCUT2D eigenvalue weighted by atomic mass is 10.1. The average Bonchev–Trinajstić information content (AvgIpc) is 3.18. The van der Waals surface area contributed by atoms with E-state index in [1.807, 2.05) is 12.1 Å². The van der Waals surface area contributed by atoms with E-state index in [2.05, 4.69) is 5.32 Å². The van der Waals surface area contributed by atoms with Gasteiger partial charge < -0.3 is 19.7 Å². The maximum atomic E-state index is 13.2. The minimum absolute atomic E-state index is 0.139. The highest BCUT2D eigenvalue weighted by atomic mass is 19.1. The summed E-state index contributed by atoms with van der Waals surface area (Å²) in [6.07, 6.45) is 0.